The summed E-state index contributed by atoms with van der Waals surface area (Å²) in [5, 5.41) is 13.4. The molecule has 2 nitrogen and oxygen atoms in total. The Morgan fingerprint density at radius 2 is 1.90 bits per heavy atom. The average molecular weight is 301 g/mol. The standard InChI is InChI=1S/C18H23NOS/c1-19(2)16-13-15(14-7-4-3-5-8-14)10-11-18(16,20)17-9-6-12-21-17/h3-9,12,15-16,20H,10-11,13H2,1-2H3. The van der Waals surface area contributed by atoms with Gasteiger partial charge in [0.15, 0.2) is 0 Å². The van der Waals surface area contributed by atoms with Gasteiger partial charge in [0.25, 0.3) is 0 Å². The van der Waals surface area contributed by atoms with Gasteiger partial charge in [-0.05, 0) is 56.3 Å². The van der Waals surface area contributed by atoms with E-state index >= 15 is 0 Å². The quantitative estimate of drug-likeness (QED) is 0.931. The van der Waals surface area contributed by atoms with Crippen molar-refractivity contribution in [2.24, 2.45) is 0 Å². The Morgan fingerprint density at radius 3 is 2.52 bits per heavy atom. The largest absolute Gasteiger partial charge is 0.383 e. The molecule has 0 aliphatic heterocycles. The van der Waals surface area contributed by atoms with E-state index in [1.807, 2.05) is 6.07 Å². The Morgan fingerprint density at radius 1 is 1.14 bits per heavy atom. The Balaban J connectivity index is 1.88. The molecule has 1 aromatic carbocycles. The van der Waals surface area contributed by atoms with E-state index < -0.39 is 5.60 Å². The molecule has 1 N–H and O–H groups in total. The number of likely N-dealkylation sites (N-methyl/N-ethyl adjacent to an activating group) is 1. The summed E-state index contributed by atoms with van der Waals surface area (Å²) in [5.41, 5.74) is 0.695. The smallest absolute Gasteiger partial charge is 0.114 e. The first-order valence-electron chi connectivity index (χ1n) is 7.59. The first-order valence-corrected chi connectivity index (χ1v) is 8.47. The van der Waals surface area contributed by atoms with Gasteiger partial charge in [0, 0.05) is 10.9 Å². The minimum Gasteiger partial charge on any atom is -0.383 e. The molecule has 0 saturated heterocycles. The van der Waals surface area contributed by atoms with E-state index in [9.17, 15) is 5.11 Å². The number of hydrogen-bond acceptors (Lipinski definition) is 3. The van der Waals surface area contributed by atoms with E-state index in [-0.39, 0.29) is 6.04 Å². The predicted octanol–water partition coefficient (Wildman–Crippen LogP) is 3.83. The van der Waals surface area contributed by atoms with Gasteiger partial charge in [0.05, 0.1) is 0 Å². The van der Waals surface area contributed by atoms with Crippen molar-refractivity contribution < 1.29 is 5.11 Å². The number of hydrogen-bond donors (Lipinski definition) is 1. The van der Waals surface area contributed by atoms with Crippen molar-refractivity contribution >= 4 is 11.3 Å². The maximum atomic E-state index is 11.3. The molecule has 3 atom stereocenters. The van der Waals surface area contributed by atoms with Crippen LogP contribution in [0.2, 0.25) is 0 Å². The van der Waals surface area contributed by atoms with E-state index in [1.165, 1.54) is 5.56 Å². The maximum absolute atomic E-state index is 11.3. The highest BCUT2D eigenvalue weighted by atomic mass is 32.1. The van der Waals surface area contributed by atoms with Crippen molar-refractivity contribution in [3.8, 4) is 0 Å². The highest BCUT2D eigenvalue weighted by Crippen LogP contribution is 2.46. The lowest BCUT2D eigenvalue weighted by Gasteiger charge is -2.45. The van der Waals surface area contributed by atoms with E-state index in [0.29, 0.717) is 5.92 Å². The molecule has 0 spiro atoms. The van der Waals surface area contributed by atoms with Crippen LogP contribution in [0.15, 0.2) is 47.8 Å². The fourth-order valence-electron chi connectivity index (χ4n) is 3.62. The minimum absolute atomic E-state index is 0.162. The van der Waals surface area contributed by atoms with E-state index in [2.05, 4.69) is 60.8 Å². The normalized spacial score (nSPS) is 29.7. The Labute approximate surface area is 131 Å². The molecule has 3 unspecified atom stereocenters. The summed E-state index contributed by atoms with van der Waals surface area (Å²) in [4.78, 5) is 3.29. The maximum Gasteiger partial charge on any atom is 0.114 e. The van der Waals surface area contributed by atoms with Crippen molar-refractivity contribution in [1.29, 1.82) is 0 Å². The van der Waals surface area contributed by atoms with Crippen molar-refractivity contribution in [1.82, 2.24) is 4.90 Å². The SMILES string of the molecule is CN(C)C1CC(c2ccccc2)CCC1(O)c1cccs1. The van der Waals surface area contributed by atoms with E-state index in [4.69, 9.17) is 0 Å². The van der Waals surface area contributed by atoms with Gasteiger partial charge in [0.1, 0.15) is 5.60 Å². The molecular formula is C18H23NOS. The van der Waals surface area contributed by atoms with Crippen molar-refractivity contribution in [2.75, 3.05) is 14.1 Å². The molecule has 21 heavy (non-hydrogen) atoms. The van der Waals surface area contributed by atoms with Crippen LogP contribution >= 0.6 is 11.3 Å². The van der Waals surface area contributed by atoms with Crippen LogP contribution in [0.5, 0.6) is 0 Å². The third-order valence-corrected chi connectivity index (χ3v) is 5.81. The zero-order valence-corrected chi connectivity index (χ0v) is 13.5. The molecule has 0 radical (unpaired) electrons. The molecule has 3 rings (SSSR count). The molecule has 112 valence electrons. The van der Waals surface area contributed by atoms with Gasteiger partial charge in [-0.2, -0.15) is 0 Å². The number of nitrogens with zero attached hydrogens (tertiary/aromatic N) is 1. The summed E-state index contributed by atoms with van der Waals surface area (Å²) in [6.45, 7) is 0. The molecule has 1 aliphatic rings. The van der Waals surface area contributed by atoms with Crippen LogP contribution in [0, 0.1) is 0 Å². The zero-order valence-electron chi connectivity index (χ0n) is 12.7. The fourth-order valence-corrected chi connectivity index (χ4v) is 4.52. The van der Waals surface area contributed by atoms with E-state index in [1.54, 1.807) is 11.3 Å². The number of rotatable bonds is 3. The van der Waals surface area contributed by atoms with Gasteiger partial charge in [-0.25, -0.2) is 0 Å². The third kappa shape index (κ3) is 2.78. The van der Waals surface area contributed by atoms with Gasteiger partial charge in [-0.1, -0.05) is 36.4 Å². The lowest BCUT2D eigenvalue weighted by molar-refractivity contribution is -0.0683. The summed E-state index contributed by atoms with van der Waals surface area (Å²) >= 11 is 1.67. The fraction of sp³-hybridized carbons (Fsp3) is 0.444. The zero-order chi connectivity index (χ0) is 14.9. The second kappa shape index (κ2) is 5.91. The molecule has 3 heteroatoms. The summed E-state index contributed by atoms with van der Waals surface area (Å²) in [6, 6.07) is 15.0. The Bertz CT molecular complexity index is 566. The van der Waals surface area contributed by atoms with Gasteiger partial charge < -0.3 is 10.0 Å². The molecule has 0 amide bonds. The highest BCUT2D eigenvalue weighted by molar-refractivity contribution is 7.10. The molecule has 1 aliphatic carbocycles. The lowest BCUT2D eigenvalue weighted by Crippen LogP contribution is -2.51. The van der Waals surface area contributed by atoms with Crippen LogP contribution in [0.25, 0.3) is 0 Å². The van der Waals surface area contributed by atoms with Crippen molar-refractivity contribution in [3.63, 3.8) is 0 Å². The van der Waals surface area contributed by atoms with Crippen molar-refractivity contribution in [2.45, 2.75) is 36.8 Å². The van der Waals surface area contributed by atoms with Crippen LogP contribution in [0.1, 0.15) is 35.6 Å². The predicted molar refractivity (Wildman–Crippen MR) is 88.7 cm³/mol. The molecular weight excluding hydrogens is 278 g/mol. The van der Waals surface area contributed by atoms with Crippen LogP contribution in [0.3, 0.4) is 0 Å². The monoisotopic (exact) mass is 301 g/mol. The van der Waals surface area contributed by atoms with Crippen LogP contribution in [-0.2, 0) is 5.60 Å². The van der Waals surface area contributed by atoms with E-state index in [0.717, 1.165) is 24.1 Å². The number of aliphatic hydroxyl groups is 1. The van der Waals surface area contributed by atoms with Crippen LogP contribution in [0.4, 0.5) is 0 Å². The molecule has 0 bridgehead atoms. The first kappa shape index (κ1) is 14.8. The number of thiophene rings is 1. The number of benzene rings is 1. The molecule has 1 aromatic heterocycles. The van der Waals surface area contributed by atoms with Crippen LogP contribution < -0.4 is 0 Å². The third-order valence-electron chi connectivity index (χ3n) is 4.78. The lowest BCUT2D eigenvalue weighted by atomic mass is 9.71. The first-order chi connectivity index (χ1) is 10.1. The Hall–Kier alpha value is -1.16. The molecule has 1 fully saturated rings. The summed E-state index contributed by atoms with van der Waals surface area (Å²) in [6.07, 6.45) is 2.88. The molecule has 1 saturated carbocycles. The topological polar surface area (TPSA) is 23.5 Å². The highest BCUT2D eigenvalue weighted by Gasteiger charge is 2.45. The van der Waals surface area contributed by atoms with Gasteiger partial charge in [-0.3, -0.25) is 0 Å². The summed E-state index contributed by atoms with van der Waals surface area (Å²) < 4.78 is 0. The van der Waals surface area contributed by atoms with Gasteiger partial charge in [-0.15, -0.1) is 11.3 Å². The summed E-state index contributed by atoms with van der Waals surface area (Å²) in [7, 11) is 4.16. The van der Waals surface area contributed by atoms with Gasteiger partial charge in [0.2, 0.25) is 0 Å². The molecule has 2 aromatic rings. The summed E-state index contributed by atoms with van der Waals surface area (Å²) in [5.74, 6) is 0.541. The average Bonchev–Trinajstić information content (AvgIpc) is 3.03. The van der Waals surface area contributed by atoms with Crippen LogP contribution in [-0.4, -0.2) is 30.1 Å². The second-order valence-electron chi connectivity index (χ2n) is 6.26. The Kier molecular flexibility index (Phi) is 4.16. The van der Waals surface area contributed by atoms with Gasteiger partial charge >= 0.3 is 0 Å². The van der Waals surface area contributed by atoms with Crippen molar-refractivity contribution in [3.05, 3.63) is 58.3 Å². The minimum atomic E-state index is -0.705. The molecule has 1 heterocycles. The second-order valence-corrected chi connectivity index (χ2v) is 7.21.